The van der Waals surface area contributed by atoms with E-state index < -0.39 is 5.97 Å². The number of amides is 1. The average molecular weight is 335 g/mol. The van der Waals surface area contributed by atoms with Gasteiger partial charge in [0, 0.05) is 18.1 Å². The summed E-state index contributed by atoms with van der Waals surface area (Å²) in [6.07, 6.45) is 3.13. The maximum atomic E-state index is 12.1. The van der Waals surface area contributed by atoms with Crippen molar-refractivity contribution in [2.45, 2.75) is 13.8 Å². The predicted molar refractivity (Wildman–Crippen MR) is 94.4 cm³/mol. The molecule has 6 nitrogen and oxygen atoms in total. The van der Waals surface area contributed by atoms with Gasteiger partial charge >= 0.3 is 5.97 Å². The zero-order valence-electron chi connectivity index (χ0n) is 13.9. The molecule has 0 saturated carbocycles. The van der Waals surface area contributed by atoms with E-state index in [2.05, 4.69) is 15.3 Å². The van der Waals surface area contributed by atoms with Crippen LogP contribution in [0.2, 0.25) is 0 Å². The summed E-state index contributed by atoms with van der Waals surface area (Å²) in [6, 6.07) is 10.6. The zero-order chi connectivity index (χ0) is 17.8. The Hall–Kier alpha value is -3.28. The first-order chi connectivity index (χ1) is 12.0. The SMILES string of the molecule is Cc1ccc(NC(=O)COC(=O)c2ccc3nccnc3c2)c(C)c1. The fourth-order valence-corrected chi connectivity index (χ4v) is 2.44. The Balaban J connectivity index is 1.61. The summed E-state index contributed by atoms with van der Waals surface area (Å²) in [5.41, 5.74) is 4.37. The number of aromatic nitrogens is 2. The molecule has 0 saturated heterocycles. The summed E-state index contributed by atoms with van der Waals surface area (Å²) in [5.74, 6) is -0.968. The van der Waals surface area contributed by atoms with E-state index in [1.807, 2.05) is 32.0 Å². The van der Waals surface area contributed by atoms with Crippen molar-refractivity contribution in [2.75, 3.05) is 11.9 Å². The van der Waals surface area contributed by atoms with Crippen molar-refractivity contribution in [1.82, 2.24) is 9.97 Å². The number of carbonyl (C=O) groups excluding carboxylic acids is 2. The van der Waals surface area contributed by atoms with Crippen LogP contribution in [0.4, 0.5) is 5.69 Å². The van der Waals surface area contributed by atoms with Crippen LogP contribution in [0.15, 0.2) is 48.8 Å². The van der Waals surface area contributed by atoms with Gasteiger partial charge in [0.05, 0.1) is 16.6 Å². The van der Waals surface area contributed by atoms with Crippen LogP contribution in [0.1, 0.15) is 21.5 Å². The number of rotatable bonds is 4. The molecule has 0 fully saturated rings. The first-order valence-electron chi connectivity index (χ1n) is 7.78. The molecule has 0 aliphatic rings. The van der Waals surface area contributed by atoms with E-state index in [0.29, 0.717) is 22.3 Å². The van der Waals surface area contributed by atoms with Gasteiger partial charge in [-0.1, -0.05) is 17.7 Å². The Morgan fingerprint density at radius 1 is 1.00 bits per heavy atom. The second-order valence-corrected chi connectivity index (χ2v) is 5.70. The van der Waals surface area contributed by atoms with Crippen molar-refractivity contribution in [2.24, 2.45) is 0 Å². The van der Waals surface area contributed by atoms with Crippen LogP contribution in [0.25, 0.3) is 11.0 Å². The lowest BCUT2D eigenvalue weighted by atomic mass is 10.1. The van der Waals surface area contributed by atoms with Crippen molar-refractivity contribution in [1.29, 1.82) is 0 Å². The summed E-state index contributed by atoms with van der Waals surface area (Å²) in [7, 11) is 0. The lowest BCUT2D eigenvalue weighted by molar-refractivity contribution is -0.119. The minimum atomic E-state index is -0.580. The molecule has 0 spiro atoms. The Morgan fingerprint density at radius 3 is 2.52 bits per heavy atom. The fourth-order valence-electron chi connectivity index (χ4n) is 2.44. The third-order valence-electron chi connectivity index (χ3n) is 3.70. The van der Waals surface area contributed by atoms with Gasteiger partial charge in [-0.3, -0.25) is 14.8 Å². The number of nitrogens with zero attached hydrogens (tertiary/aromatic N) is 2. The second-order valence-electron chi connectivity index (χ2n) is 5.70. The minimum absolute atomic E-state index is 0.326. The summed E-state index contributed by atoms with van der Waals surface area (Å²) >= 11 is 0. The lowest BCUT2D eigenvalue weighted by Gasteiger charge is -2.09. The van der Waals surface area contributed by atoms with Crippen LogP contribution in [-0.4, -0.2) is 28.5 Å². The number of anilines is 1. The first-order valence-corrected chi connectivity index (χ1v) is 7.78. The molecule has 0 atom stereocenters. The quantitative estimate of drug-likeness (QED) is 0.741. The number of esters is 1. The van der Waals surface area contributed by atoms with E-state index in [0.717, 1.165) is 11.1 Å². The smallest absolute Gasteiger partial charge is 0.338 e. The van der Waals surface area contributed by atoms with Crippen LogP contribution < -0.4 is 5.32 Å². The molecular formula is C19H17N3O3. The summed E-state index contributed by atoms with van der Waals surface area (Å²) in [6.45, 7) is 3.53. The van der Waals surface area contributed by atoms with Crippen molar-refractivity contribution in [3.05, 3.63) is 65.5 Å². The van der Waals surface area contributed by atoms with Gasteiger partial charge < -0.3 is 10.1 Å². The number of hydrogen-bond donors (Lipinski definition) is 1. The van der Waals surface area contributed by atoms with Crippen molar-refractivity contribution >= 4 is 28.6 Å². The van der Waals surface area contributed by atoms with Gasteiger partial charge in [-0.05, 0) is 43.7 Å². The number of carbonyl (C=O) groups is 2. The summed E-state index contributed by atoms with van der Waals surface area (Å²) in [5, 5.41) is 2.74. The Bertz CT molecular complexity index is 954. The third-order valence-corrected chi connectivity index (χ3v) is 3.70. The molecule has 1 heterocycles. The molecule has 0 radical (unpaired) electrons. The van der Waals surface area contributed by atoms with E-state index in [9.17, 15) is 9.59 Å². The van der Waals surface area contributed by atoms with Gasteiger partial charge in [-0.15, -0.1) is 0 Å². The predicted octanol–water partition coefficient (Wildman–Crippen LogP) is 3.04. The Labute approximate surface area is 144 Å². The lowest BCUT2D eigenvalue weighted by Crippen LogP contribution is -2.21. The molecule has 126 valence electrons. The Morgan fingerprint density at radius 2 is 1.76 bits per heavy atom. The highest BCUT2D eigenvalue weighted by Gasteiger charge is 2.12. The molecule has 0 unspecified atom stereocenters. The van der Waals surface area contributed by atoms with E-state index in [-0.39, 0.29) is 12.5 Å². The van der Waals surface area contributed by atoms with Gasteiger partial charge in [0.2, 0.25) is 0 Å². The molecule has 2 aromatic carbocycles. The van der Waals surface area contributed by atoms with Crippen LogP contribution in [0.5, 0.6) is 0 Å². The maximum Gasteiger partial charge on any atom is 0.338 e. The number of aryl methyl sites for hydroxylation is 2. The molecule has 6 heteroatoms. The average Bonchev–Trinajstić information content (AvgIpc) is 2.61. The molecule has 1 N–H and O–H groups in total. The van der Waals surface area contributed by atoms with Crippen molar-refractivity contribution in [3.8, 4) is 0 Å². The van der Waals surface area contributed by atoms with E-state index in [4.69, 9.17) is 4.74 Å². The molecule has 25 heavy (non-hydrogen) atoms. The molecular weight excluding hydrogens is 318 g/mol. The first kappa shape index (κ1) is 16.6. The van der Waals surface area contributed by atoms with Crippen molar-refractivity contribution < 1.29 is 14.3 Å². The Kier molecular flexibility index (Phi) is 4.70. The number of nitrogens with one attached hydrogen (secondary N) is 1. The van der Waals surface area contributed by atoms with Gasteiger partial charge in [0.25, 0.3) is 5.91 Å². The number of ether oxygens (including phenoxy) is 1. The molecule has 0 bridgehead atoms. The fraction of sp³-hybridized carbons (Fsp3) is 0.158. The number of benzene rings is 2. The van der Waals surface area contributed by atoms with Gasteiger partial charge in [0.15, 0.2) is 6.61 Å². The third kappa shape index (κ3) is 3.98. The zero-order valence-corrected chi connectivity index (χ0v) is 13.9. The molecule has 1 aromatic heterocycles. The highest BCUT2D eigenvalue weighted by atomic mass is 16.5. The highest BCUT2D eigenvalue weighted by molar-refractivity contribution is 5.97. The van der Waals surface area contributed by atoms with Gasteiger partial charge in [0.1, 0.15) is 0 Å². The normalized spacial score (nSPS) is 10.5. The minimum Gasteiger partial charge on any atom is -0.452 e. The van der Waals surface area contributed by atoms with Crippen LogP contribution in [0, 0.1) is 13.8 Å². The van der Waals surface area contributed by atoms with Crippen molar-refractivity contribution in [3.63, 3.8) is 0 Å². The monoisotopic (exact) mass is 335 g/mol. The molecule has 0 aliphatic carbocycles. The van der Waals surface area contributed by atoms with Gasteiger partial charge in [-0.25, -0.2) is 4.79 Å². The van der Waals surface area contributed by atoms with E-state index >= 15 is 0 Å². The molecule has 3 aromatic rings. The maximum absolute atomic E-state index is 12.1. The topological polar surface area (TPSA) is 81.2 Å². The van der Waals surface area contributed by atoms with E-state index in [1.165, 1.54) is 0 Å². The number of hydrogen-bond acceptors (Lipinski definition) is 5. The van der Waals surface area contributed by atoms with Crippen LogP contribution in [-0.2, 0) is 9.53 Å². The van der Waals surface area contributed by atoms with Crippen LogP contribution in [0.3, 0.4) is 0 Å². The molecule has 3 rings (SSSR count). The number of fused-ring (bicyclic) bond motifs is 1. The van der Waals surface area contributed by atoms with Gasteiger partial charge in [-0.2, -0.15) is 0 Å². The largest absolute Gasteiger partial charge is 0.452 e. The molecule has 1 amide bonds. The second kappa shape index (κ2) is 7.09. The summed E-state index contributed by atoms with van der Waals surface area (Å²) in [4.78, 5) is 32.4. The van der Waals surface area contributed by atoms with Crippen LogP contribution >= 0.6 is 0 Å². The summed E-state index contributed by atoms with van der Waals surface area (Å²) < 4.78 is 5.08. The highest BCUT2D eigenvalue weighted by Crippen LogP contribution is 2.16. The molecule has 0 aliphatic heterocycles. The standard InChI is InChI=1S/C19H17N3O3/c1-12-3-5-15(13(2)9-12)22-18(23)11-25-19(24)14-4-6-16-17(10-14)21-8-7-20-16/h3-10H,11H2,1-2H3,(H,22,23). The van der Waals surface area contributed by atoms with E-state index in [1.54, 1.807) is 30.6 Å².